The summed E-state index contributed by atoms with van der Waals surface area (Å²) in [4.78, 5) is 7.77. The van der Waals surface area contributed by atoms with E-state index in [9.17, 15) is 0 Å². The summed E-state index contributed by atoms with van der Waals surface area (Å²) in [6, 6.07) is 4.18. The summed E-state index contributed by atoms with van der Waals surface area (Å²) in [5.41, 5.74) is 5.39. The van der Waals surface area contributed by atoms with Crippen LogP contribution in [0.25, 0.3) is 11.3 Å². The molecule has 0 spiro atoms. The molecular formula is C16H20N2OS. The second-order valence-corrected chi connectivity index (χ2v) is 5.32. The maximum Gasteiger partial charge on any atom is 0.133 e. The van der Waals surface area contributed by atoms with Gasteiger partial charge in [-0.3, -0.25) is 0 Å². The molecule has 0 aliphatic rings. The van der Waals surface area contributed by atoms with E-state index in [2.05, 4.69) is 42.9 Å². The number of benzene rings is 1. The standard InChI is InChI=1S/C16H20N2OS/c1-6-13-17-14(11(4)16(20)18-13)12-8-7-9(2)10(3)15(12)19-5/h7-8H,6H2,1-5H3,(H,17,18,20). The van der Waals surface area contributed by atoms with Gasteiger partial charge in [-0.1, -0.05) is 25.2 Å². The van der Waals surface area contributed by atoms with Crippen LogP contribution in [0.2, 0.25) is 0 Å². The van der Waals surface area contributed by atoms with E-state index in [1.807, 2.05) is 6.92 Å². The number of H-pyrrole nitrogens is 1. The predicted molar refractivity (Wildman–Crippen MR) is 85.0 cm³/mol. The highest BCUT2D eigenvalue weighted by Gasteiger charge is 2.14. The molecule has 0 atom stereocenters. The summed E-state index contributed by atoms with van der Waals surface area (Å²) >= 11 is 5.36. The fourth-order valence-corrected chi connectivity index (χ4v) is 2.48. The van der Waals surface area contributed by atoms with Gasteiger partial charge in [0.15, 0.2) is 0 Å². The Labute approximate surface area is 125 Å². The van der Waals surface area contributed by atoms with Gasteiger partial charge in [-0.2, -0.15) is 0 Å². The van der Waals surface area contributed by atoms with Crippen LogP contribution in [-0.2, 0) is 6.42 Å². The van der Waals surface area contributed by atoms with E-state index < -0.39 is 0 Å². The van der Waals surface area contributed by atoms with Gasteiger partial charge in [0.1, 0.15) is 16.2 Å². The molecule has 0 fully saturated rings. The molecule has 1 aromatic carbocycles. The van der Waals surface area contributed by atoms with Crippen LogP contribution in [-0.4, -0.2) is 17.1 Å². The lowest BCUT2D eigenvalue weighted by molar-refractivity contribution is 0.413. The largest absolute Gasteiger partial charge is 0.496 e. The first kappa shape index (κ1) is 14.7. The molecule has 1 N–H and O–H groups in total. The molecular weight excluding hydrogens is 268 g/mol. The Hall–Kier alpha value is -1.68. The van der Waals surface area contributed by atoms with Gasteiger partial charge in [-0.15, -0.1) is 0 Å². The molecule has 2 rings (SSSR count). The van der Waals surface area contributed by atoms with Gasteiger partial charge in [0.05, 0.1) is 12.8 Å². The molecule has 3 nitrogen and oxygen atoms in total. The van der Waals surface area contributed by atoms with Gasteiger partial charge in [-0.25, -0.2) is 4.98 Å². The first-order valence-corrected chi connectivity index (χ1v) is 7.14. The van der Waals surface area contributed by atoms with Crippen LogP contribution in [0.15, 0.2) is 12.1 Å². The number of aromatic amines is 1. The monoisotopic (exact) mass is 288 g/mol. The van der Waals surface area contributed by atoms with E-state index in [1.54, 1.807) is 7.11 Å². The van der Waals surface area contributed by atoms with Gasteiger partial charge >= 0.3 is 0 Å². The smallest absolute Gasteiger partial charge is 0.133 e. The lowest BCUT2D eigenvalue weighted by Gasteiger charge is -2.16. The lowest BCUT2D eigenvalue weighted by atomic mass is 10.00. The van der Waals surface area contributed by atoms with Crippen molar-refractivity contribution in [3.63, 3.8) is 0 Å². The average molecular weight is 288 g/mol. The maximum absolute atomic E-state index is 5.61. The fourth-order valence-electron chi connectivity index (χ4n) is 2.27. The summed E-state index contributed by atoms with van der Waals surface area (Å²) in [7, 11) is 1.71. The third kappa shape index (κ3) is 2.48. The molecule has 20 heavy (non-hydrogen) atoms. The second-order valence-electron chi connectivity index (χ2n) is 4.93. The van der Waals surface area contributed by atoms with E-state index >= 15 is 0 Å². The third-order valence-corrected chi connectivity index (χ3v) is 4.08. The minimum absolute atomic E-state index is 0.649. The van der Waals surface area contributed by atoms with Crippen LogP contribution in [0.5, 0.6) is 5.75 Å². The van der Waals surface area contributed by atoms with Gasteiger partial charge in [0.2, 0.25) is 0 Å². The van der Waals surface area contributed by atoms with Crippen molar-refractivity contribution in [1.29, 1.82) is 0 Å². The number of ether oxygens (including phenoxy) is 1. The topological polar surface area (TPSA) is 37.9 Å². The van der Waals surface area contributed by atoms with E-state index in [-0.39, 0.29) is 0 Å². The van der Waals surface area contributed by atoms with Crippen molar-refractivity contribution in [3.8, 4) is 17.0 Å². The number of aryl methyl sites for hydroxylation is 2. The summed E-state index contributed by atoms with van der Waals surface area (Å²) in [6.45, 7) is 8.21. The van der Waals surface area contributed by atoms with Gasteiger partial charge in [0, 0.05) is 17.5 Å². The zero-order chi connectivity index (χ0) is 14.9. The first-order valence-electron chi connectivity index (χ1n) is 6.74. The van der Waals surface area contributed by atoms with Crippen LogP contribution >= 0.6 is 12.2 Å². The van der Waals surface area contributed by atoms with Crippen molar-refractivity contribution in [2.24, 2.45) is 0 Å². The highest BCUT2D eigenvalue weighted by Crippen LogP contribution is 2.35. The van der Waals surface area contributed by atoms with Crippen LogP contribution in [0.3, 0.4) is 0 Å². The Kier molecular flexibility index (Phi) is 4.23. The number of hydrogen-bond acceptors (Lipinski definition) is 3. The molecule has 4 heteroatoms. The van der Waals surface area contributed by atoms with Gasteiger partial charge in [-0.05, 0) is 38.0 Å². The molecule has 0 aliphatic carbocycles. The number of rotatable bonds is 3. The van der Waals surface area contributed by atoms with E-state index in [0.717, 1.165) is 40.4 Å². The van der Waals surface area contributed by atoms with E-state index in [4.69, 9.17) is 17.0 Å². The summed E-state index contributed by atoms with van der Waals surface area (Å²) < 4.78 is 6.25. The van der Waals surface area contributed by atoms with Gasteiger partial charge in [0.25, 0.3) is 0 Å². The highest BCUT2D eigenvalue weighted by molar-refractivity contribution is 7.71. The molecule has 0 aliphatic heterocycles. The Morgan fingerprint density at radius 2 is 1.90 bits per heavy atom. The molecule has 2 aromatic rings. The molecule has 0 saturated heterocycles. The third-order valence-electron chi connectivity index (χ3n) is 3.69. The van der Waals surface area contributed by atoms with Crippen molar-refractivity contribution < 1.29 is 4.74 Å². The molecule has 0 bridgehead atoms. The van der Waals surface area contributed by atoms with Crippen LogP contribution in [0, 0.1) is 25.4 Å². The molecule has 0 unspecified atom stereocenters. The lowest BCUT2D eigenvalue weighted by Crippen LogP contribution is -2.02. The van der Waals surface area contributed by atoms with Crippen molar-refractivity contribution in [2.75, 3.05) is 7.11 Å². The Morgan fingerprint density at radius 3 is 2.50 bits per heavy atom. The summed E-state index contributed by atoms with van der Waals surface area (Å²) in [5, 5.41) is 0. The zero-order valence-electron chi connectivity index (χ0n) is 12.6. The maximum atomic E-state index is 5.61. The number of aromatic nitrogens is 2. The van der Waals surface area contributed by atoms with Crippen LogP contribution < -0.4 is 4.74 Å². The Bertz CT molecular complexity index is 704. The molecule has 0 radical (unpaired) electrons. The van der Waals surface area contributed by atoms with Crippen molar-refractivity contribution in [1.82, 2.24) is 9.97 Å². The van der Waals surface area contributed by atoms with E-state index in [0.29, 0.717) is 4.64 Å². The van der Waals surface area contributed by atoms with Crippen LogP contribution in [0.4, 0.5) is 0 Å². The minimum Gasteiger partial charge on any atom is -0.496 e. The summed E-state index contributed by atoms with van der Waals surface area (Å²) in [5.74, 6) is 1.79. The zero-order valence-corrected chi connectivity index (χ0v) is 13.4. The number of nitrogens with one attached hydrogen (secondary N) is 1. The number of methoxy groups -OCH3 is 1. The van der Waals surface area contributed by atoms with Gasteiger partial charge < -0.3 is 9.72 Å². The predicted octanol–water partition coefficient (Wildman–Crippen LogP) is 4.30. The molecule has 1 aromatic heterocycles. The normalized spacial score (nSPS) is 10.7. The first-order chi connectivity index (χ1) is 9.49. The van der Waals surface area contributed by atoms with Crippen molar-refractivity contribution >= 4 is 12.2 Å². The molecule has 106 valence electrons. The second kappa shape index (κ2) is 5.75. The molecule has 0 amide bonds. The number of nitrogens with zero attached hydrogens (tertiary/aromatic N) is 1. The highest BCUT2D eigenvalue weighted by atomic mass is 32.1. The fraction of sp³-hybridized carbons (Fsp3) is 0.375. The Balaban J connectivity index is 2.78. The van der Waals surface area contributed by atoms with Crippen molar-refractivity contribution in [3.05, 3.63) is 39.3 Å². The molecule has 0 saturated carbocycles. The average Bonchev–Trinajstić information content (AvgIpc) is 2.44. The summed E-state index contributed by atoms with van der Waals surface area (Å²) in [6.07, 6.45) is 0.823. The van der Waals surface area contributed by atoms with Crippen molar-refractivity contribution in [2.45, 2.75) is 34.1 Å². The van der Waals surface area contributed by atoms with Crippen LogP contribution in [0.1, 0.15) is 29.4 Å². The molecule has 1 heterocycles. The van der Waals surface area contributed by atoms with E-state index in [1.165, 1.54) is 5.56 Å². The SMILES string of the molecule is CCc1nc(=S)c(C)c(-c2ccc(C)c(C)c2OC)[nH]1. The quantitative estimate of drug-likeness (QED) is 0.856. The minimum atomic E-state index is 0.649. The Morgan fingerprint density at radius 1 is 1.20 bits per heavy atom. The number of hydrogen-bond donors (Lipinski definition) is 1.